The van der Waals surface area contributed by atoms with Crippen molar-refractivity contribution in [3.05, 3.63) is 63.4 Å². The number of aromatic amines is 1. The molecule has 1 aliphatic carbocycles. The number of hydrogen-bond donors (Lipinski definition) is 2. The molecule has 1 unspecified atom stereocenters. The Kier molecular flexibility index (Phi) is 7.32. The fraction of sp³-hybridized carbons (Fsp3) is 0.522. The number of rotatable bonds is 10. The Labute approximate surface area is 202 Å². The van der Waals surface area contributed by atoms with Crippen LogP contribution in [0.5, 0.6) is 5.75 Å². The van der Waals surface area contributed by atoms with Gasteiger partial charge in [-0.1, -0.05) is 18.2 Å². The Morgan fingerprint density at radius 2 is 1.94 bits per heavy atom. The minimum atomic E-state index is -4.02. The van der Waals surface area contributed by atoms with E-state index in [4.69, 9.17) is 18.5 Å². The van der Waals surface area contributed by atoms with Crippen molar-refractivity contribution >= 4 is 13.7 Å². The summed E-state index contributed by atoms with van der Waals surface area (Å²) in [5.41, 5.74) is -1.28. The van der Waals surface area contributed by atoms with E-state index in [0.29, 0.717) is 12.2 Å². The van der Waals surface area contributed by atoms with Gasteiger partial charge in [0.2, 0.25) is 0 Å². The third-order valence-electron chi connectivity index (χ3n) is 5.93. The smallest absolute Gasteiger partial charge is 0.459 e. The van der Waals surface area contributed by atoms with Crippen molar-refractivity contribution in [2.45, 2.75) is 64.5 Å². The number of ether oxygens (including phenoxy) is 2. The third-order valence-corrected chi connectivity index (χ3v) is 7.58. The number of carbonyl (C=O) groups is 1. The second-order valence-electron chi connectivity index (χ2n) is 9.23. The van der Waals surface area contributed by atoms with Crippen molar-refractivity contribution in [3.8, 4) is 5.75 Å². The minimum absolute atomic E-state index is 0.0978. The lowest BCUT2D eigenvalue weighted by atomic mass is 10.0. The normalized spacial score (nSPS) is 23.1. The van der Waals surface area contributed by atoms with Gasteiger partial charge in [-0.25, -0.2) is 9.36 Å². The van der Waals surface area contributed by atoms with Crippen molar-refractivity contribution in [2.75, 3.05) is 6.61 Å². The molecule has 1 aromatic carbocycles. The van der Waals surface area contributed by atoms with Crippen LogP contribution < -0.4 is 20.9 Å². The van der Waals surface area contributed by atoms with E-state index in [2.05, 4.69) is 10.1 Å². The highest BCUT2D eigenvalue weighted by Gasteiger charge is 2.58. The molecule has 11 nitrogen and oxygen atoms in total. The van der Waals surface area contributed by atoms with E-state index in [9.17, 15) is 18.9 Å². The van der Waals surface area contributed by atoms with E-state index < -0.39 is 43.3 Å². The Bertz CT molecular complexity index is 1210. The molecule has 2 N–H and O–H groups in total. The standard InChI is InChI=1S/C23H30N3O8P/c1-15(2)32-20(28)16(3)25-35(30,34-17-7-5-4-6-8-17)31-14-18-13-23(10-11-23)21(33-18)26-12-9-19(27)24-22(26)29/h4-9,12,15-16,18,21H,10-11,13-14H2,1-3H3,(H,25,30)(H,24,27,29)/t16-,18-,21+,35?/m0/s1. The van der Waals surface area contributed by atoms with E-state index in [1.807, 2.05) is 0 Å². The number of benzene rings is 1. The van der Waals surface area contributed by atoms with Crippen LogP contribution in [0.4, 0.5) is 0 Å². The SMILES string of the molecule is CC(C)OC(=O)[C@H](C)NP(=O)(OC[C@@H]1CC2(CC2)[C@H](n2ccc(=O)[nH]c2=O)O1)Oc1ccccc1. The molecule has 190 valence electrons. The lowest BCUT2D eigenvalue weighted by Crippen LogP contribution is -2.36. The van der Waals surface area contributed by atoms with Crippen molar-refractivity contribution < 1.29 is 27.9 Å². The minimum Gasteiger partial charge on any atom is -0.462 e. The van der Waals surface area contributed by atoms with Crippen molar-refractivity contribution in [1.29, 1.82) is 0 Å². The summed E-state index contributed by atoms with van der Waals surface area (Å²) in [5, 5.41) is 2.65. The van der Waals surface area contributed by atoms with E-state index in [1.165, 1.54) is 23.8 Å². The van der Waals surface area contributed by atoms with Gasteiger partial charge < -0.3 is 14.0 Å². The topological polar surface area (TPSA) is 138 Å². The van der Waals surface area contributed by atoms with Gasteiger partial charge in [0.25, 0.3) is 5.56 Å². The molecule has 0 bridgehead atoms. The van der Waals surface area contributed by atoms with Crippen LogP contribution in [0.25, 0.3) is 0 Å². The summed E-state index contributed by atoms with van der Waals surface area (Å²) in [6, 6.07) is 8.79. The molecule has 0 amide bonds. The van der Waals surface area contributed by atoms with Crippen LogP contribution in [0.2, 0.25) is 0 Å². The van der Waals surface area contributed by atoms with Crippen LogP contribution in [-0.4, -0.2) is 40.4 Å². The highest BCUT2D eigenvalue weighted by atomic mass is 31.2. The molecule has 1 aromatic heterocycles. The second kappa shape index (κ2) is 10.1. The summed E-state index contributed by atoms with van der Waals surface area (Å²) in [5.74, 6) is -0.288. The molecule has 1 saturated heterocycles. The summed E-state index contributed by atoms with van der Waals surface area (Å²) in [6.45, 7) is 4.85. The van der Waals surface area contributed by atoms with Gasteiger partial charge in [-0.3, -0.25) is 23.7 Å². The molecular weight excluding hydrogens is 477 g/mol. The predicted octanol–water partition coefficient (Wildman–Crippen LogP) is 2.74. The zero-order valence-electron chi connectivity index (χ0n) is 19.8. The molecule has 1 saturated carbocycles. The van der Waals surface area contributed by atoms with E-state index in [1.54, 1.807) is 44.2 Å². The first-order valence-corrected chi connectivity index (χ1v) is 13.1. The highest BCUT2D eigenvalue weighted by Crippen LogP contribution is 2.62. The maximum absolute atomic E-state index is 13.6. The number of para-hydroxylation sites is 1. The van der Waals surface area contributed by atoms with Crippen LogP contribution in [0.1, 0.15) is 46.3 Å². The summed E-state index contributed by atoms with van der Waals surface area (Å²) >= 11 is 0. The molecule has 4 rings (SSSR count). The summed E-state index contributed by atoms with van der Waals surface area (Å²) in [4.78, 5) is 38.3. The molecule has 2 aromatic rings. The average Bonchev–Trinajstić information content (AvgIpc) is 3.47. The van der Waals surface area contributed by atoms with Gasteiger partial charge in [-0.2, -0.15) is 5.09 Å². The molecule has 2 heterocycles. The fourth-order valence-electron chi connectivity index (χ4n) is 4.13. The molecule has 0 radical (unpaired) electrons. The largest absolute Gasteiger partial charge is 0.462 e. The van der Waals surface area contributed by atoms with Gasteiger partial charge in [0.05, 0.1) is 18.8 Å². The Hall–Kier alpha value is -2.72. The molecular formula is C23H30N3O8P. The van der Waals surface area contributed by atoms with Gasteiger partial charge in [0.15, 0.2) is 0 Å². The number of nitrogens with zero attached hydrogens (tertiary/aromatic N) is 1. The molecule has 2 fully saturated rings. The van der Waals surface area contributed by atoms with Crippen LogP contribution in [0, 0.1) is 5.41 Å². The molecule has 2 aliphatic rings. The maximum Gasteiger partial charge on any atom is 0.459 e. The Balaban J connectivity index is 1.47. The summed E-state index contributed by atoms with van der Waals surface area (Å²) in [7, 11) is -4.02. The number of carbonyl (C=O) groups excluding carboxylic acids is 1. The van der Waals surface area contributed by atoms with Gasteiger partial charge in [0, 0.05) is 17.7 Å². The van der Waals surface area contributed by atoms with Crippen molar-refractivity contribution in [2.24, 2.45) is 5.41 Å². The quantitative estimate of drug-likeness (QED) is 0.367. The van der Waals surface area contributed by atoms with Gasteiger partial charge >= 0.3 is 19.4 Å². The summed E-state index contributed by atoms with van der Waals surface area (Å²) < 4.78 is 37.7. The van der Waals surface area contributed by atoms with Crippen LogP contribution in [0.3, 0.4) is 0 Å². The van der Waals surface area contributed by atoms with Gasteiger partial charge in [0.1, 0.15) is 18.0 Å². The predicted molar refractivity (Wildman–Crippen MR) is 126 cm³/mol. The lowest BCUT2D eigenvalue weighted by molar-refractivity contribution is -0.149. The second-order valence-corrected chi connectivity index (χ2v) is 10.9. The number of nitrogens with one attached hydrogen (secondary N) is 2. The zero-order valence-corrected chi connectivity index (χ0v) is 20.7. The number of esters is 1. The summed E-state index contributed by atoms with van der Waals surface area (Å²) in [6.07, 6.45) is 2.33. The first kappa shape index (κ1) is 25.4. The van der Waals surface area contributed by atoms with Gasteiger partial charge in [-0.15, -0.1) is 0 Å². The highest BCUT2D eigenvalue weighted by molar-refractivity contribution is 7.52. The Morgan fingerprint density at radius 1 is 1.23 bits per heavy atom. The third kappa shape index (κ3) is 6.10. The fourth-order valence-corrected chi connectivity index (χ4v) is 5.65. The Morgan fingerprint density at radius 3 is 2.57 bits per heavy atom. The van der Waals surface area contributed by atoms with Crippen LogP contribution in [-0.2, 0) is 23.4 Å². The molecule has 12 heteroatoms. The molecule has 1 aliphatic heterocycles. The lowest BCUT2D eigenvalue weighted by Gasteiger charge is -2.24. The van der Waals surface area contributed by atoms with Crippen LogP contribution in [0.15, 0.2) is 52.2 Å². The van der Waals surface area contributed by atoms with Crippen LogP contribution >= 0.6 is 7.75 Å². The monoisotopic (exact) mass is 507 g/mol. The number of H-pyrrole nitrogens is 1. The zero-order chi connectivity index (χ0) is 25.2. The van der Waals surface area contributed by atoms with E-state index >= 15 is 0 Å². The molecule has 4 atom stereocenters. The maximum atomic E-state index is 13.6. The van der Waals surface area contributed by atoms with E-state index in [-0.39, 0.29) is 18.1 Å². The first-order valence-electron chi connectivity index (χ1n) is 11.5. The molecule has 35 heavy (non-hydrogen) atoms. The van der Waals surface area contributed by atoms with Gasteiger partial charge in [-0.05, 0) is 52.2 Å². The first-order chi connectivity index (χ1) is 16.6. The van der Waals surface area contributed by atoms with Crippen molar-refractivity contribution in [3.63, 3.8) is 0 Å². The number of aromatic nitrogens is 2. The van der Waals surface area contributed by atoms with Crippen molar-refractivity contribution in [1.82, 2.24) is 14.6 Å². The van der Waals surface area contributed by atoms with E-state index in [0.717, 1.165) is 12.8 Å². The average molecular weight is 507 g/mol. The molecule has 1 spiro atoms. The number of hydrogen-bond acceptors (Lipinski definition) is 8.